The molecule has 1 atom stereocenters. The lowest BCUT2D eigenvalue weighted by Crippen LogP contribution is -2.42. The minimum absolute atomic E-state index is 0.0772. The molecule has 1 aliphatic heterocycles. The van der Waals surface area contributed by atoms with Crippen molar-refractivity contribution in [3.63, 3.8) is 0 Å². The number of hydrogen-bond acceptors (Lipinski definition) is 3. The number of rotatable bonds is 4. The van der Waals surface area contributed by atoms with Gasteiger partial charge in [-0.05, 0) is 32.4 Å². The van der Waals surface area contributed by atoms with Crippen molar-refractivity contribution in [2.75, 3.05) is 26.7 Å². The van der Waals surface area contributed by atoms with Crippen LogP contribution < -0.4 is 5.32 Å². The summed E-state index contributed by atoms with van der Waals surface area (Å²) in [5.41, 5.74) is 2.46. The zero-order valence-corrected chi connectivity index (χ0v) is 12.9. The van der Waals surface area contributed by atoms with Crippen LogP contribution in [0.15, 0.2) is 36.5 Å². The maximum absolute atomic E-state index is 12.9. The summed E-state index contributed by atoms with van der Waals surface area (Å²) < 4.78 is 0. The number of aromatic amines is 1. The maximum atomic E-state index is 12.9. The van der Waals surface area contributed by atoms with Gasteiger partial charge in [0.1, 0.15) is 0 Å². The van der Waals surface area contributed by atoms with Gasteiger partial charge in [0.25, 0.3) is 5.91 Å². The van der Waals surface area contributed by atoms with E-state index in [-0.39, 0.29) is 5.91 Å². The van der Waals surface area contributed by atoms with Crippen LogP contribution in [0.2, 0.25) is 0 Å². The molecule has 0 radical (unpaired) electrons. The number of nitrogens with one attached hydrogen (secondary N) is 2. The van der Waals surface area contributed by atoms with Crippen LogP contribution in [0, 0.1) is 5.92 Å². The third kappa shape index (κ3) is 3.04. The molecule has 1 aromatic carbocycles. The average molecular weight is 298 g/mol. The standard InChI is InChI=1S/C17H22N4O/c1-18-10-13-6-5-9-21(12-13)17(22)15-11-19-20-16(15)14-7-3-2-4-8-14/h2-4,7-8,11,13,18H,5-6,9-10,12H2,1H3,(H,19,20). The number of H-pyrrole nitrogens is 1. The van der Waals surface area contributed by atoms with Gasteiger partial charge >= 0.3 is 0 Å². The summed E-state index contributed by atoms with van der Waals surface area (Å²) in [4.78, 5) is 14.8. The maximum Gasteiger partial charge on any atom is 0.257 e. The summed E-state index contributed by atoms with van der Waals surface area (Å²) in [6.07, 6.45) is 3.89. The van der Waals surface area contributed by atoms with E-state index in [1.54, 1.807) is 6.20 Å². The molecule has 5 nitrogen and oxygen atoms in total. The van der Waals surface area contributed by atoms with Crippen molar-refractivity contribution < 1.29 is 4.79 Å². The first-order chi connectivity index (χ1) is 10.8. The van der Waals surface area contributed by atoms with Crippen molar-refractivity contribution >= 4 is 5.91 Å². The predicted molar refractivity (Wildman–Crippen MR) is 86.6 cm³/mol. The highest BCUT2D eigenvalue weighted by Gasteiger charge is 2.26. The number of hydrogen-bond donors (Lipinski definition) is 2. The minimum Gasteiger partial charge on any atom is -0.338 e. The molecule has 22 heavy (non-hydrogen) atoms. The lowest BCUT2D eigenvalue weighted by molar-refractivity contribution is 0.0675. The number of carbonyl (C=O) groups excluding carboxylic acids is 1. The second kappa shape index (κ2) is 6.75. The molecule has 1 fully saturated rings. The quantitative estimate of drug-likeness (QED) is 0.909. The number of piperidine rings is 1. The largest absolute Gasteiger partial charge is 0.338 e. The van der Waals surface area contributed by atoms with Crippen LogP contribution in [0.25, 0.3) is 11.3 Å². The molecule has 0 spiro atoms. The van der Waals surface area contributed by atoms with Gasteiger partial charge in [-0.1, -0.05) is 30.3 Å². The molecule has 0 saturated carbocycles. The summed E-state index contributed by atoms with van der Waals surface area (Å²) in [6, 6.07) is 9.88. The van der Waals surface area contributed by atoms with Gasteiger partial charge in [0, 0.05) is 18.7 Å². The van der Waals surface area contributed by atoms with Gasteiger partial charge in [0.05, 0.1) is 17.5 Å². The van der Waals surface area contributed by atoms with Gasteiger partial charge in [0.15, 0.2) is 0 Å². The second-order valence-electron chi connectivity index (χ2n) is 5.84. The summed E-state index contributed by atoms with van der Waals surface area (Å²) in [5, 5.41) is 10.3. The normalized spacial score (nSPS) is 18.4. The third-order valence-electron chi connectivity index (χ3n) is 4.23. The Morgan fingerprint density at radius 3 is 3.00 bits per heavy atom. The lowest BCUT2D eigenvalue weighted by Gasteiger charge is -2.32. The Morgan fingerprint density at radius 2 is 2.23 bits per heavy atom. The highest BCUT2D eigenvalue weighted by Crippen LogP contribution is 2.24. The van der Waals surface area contributed by atoms with Gasteiger partial charge in [-0.3, -0.25) is 9.89 Å². The van der Waals surface area contributed by atoms with Gasteiger partial charge in [-0.15, -0.1) is 0 Å². The number of benzene rings is 1. The van der Waals surface area contributed by atoms with Crippen LogP contribution in [0.1, 0.15) is 23.2 Å². The van der Waals surface area contributed by atoms with Gasteiger partial charge in [0.2, 0.25) is 0 Å². The number of carbonyl (C=O) groups is 1. The Labute approximate surface area is 130 Å². The molecule has 3 rings (SSSR count). The number of likely N-dealkylation sites (tertiary alicyclic amines) is 1. The SMILES string of the molecule is CNCC1CCCN(C(=O)c2cn[nH]c2-c2ccccc2)C1. The third-order valence-corrected chi connectivity index (χ3v) is 4.23. The molecule has 5 heteroatoms. The average Bonchev–Trinajstić information content (AvgIpc) is 3.05. The van der Waals surface area contributed by atoms with Crippen LogP contribution in [-0.2, 0) is 0 Å². The van der Waals surface area contributed by atoms with Crippen molar-refractivity contribution in [2.24, 2.45) is 5.92 Å². The molecular formula is C17H22N4O. The van der Waals surface area contributed by atoms with Crippen LogP contribution in [0.5, 0.6) is 0 Å². The molecule has 2 aromatic rings. The van der Waals surface area contributed by atoms with Crippen molar-refractivity contribution in [2.45, 2.75) is 12.8 Å². The first kappa shape index (κ1) is 14.8. The lowest BCUT2D eigenvalue weighted by atomic mass is 9.97. The predicted octanol–water partition coefficient (Wildman–Crippen LogP) is 2.15. The molecule has 1 aliphatic rings. The Kier molecular flexibility index (Phi) is 4.53. The van der Waals surface area contributed by atoms with E-state index in [1.165, 1.54) is 6.42 Å². The van der Waals surface area contributed by atoms with E-state index in [0.29, 0.717) is 11.5 Å². The smallest absolute Gasteiger partial charge is 0.257 e. The molecule has 116 valence electrons. The monoisotopic (exact) mass is 298 g/mol. The van der Waals surface area contributed by atoms with E-state index in [9.17, 15) is 4.79 Å². The zero-order chi connectivity index (χ0) is 15.4. The number of nitrogens with zero attached hydrogens (tertiary/aromatic N) is 2. The van der Waals surface area contributed by atoms with E-state index >= 15 is 0 Å². The van der Waals surface area contributed by atoms with E-state index in [1.807, 2.05) is 42.3 Å². The second-order valence-corrected chi connectivity index (χ2v) is 5.84. The summed E-state index contributed by atoms with van der Waals surface area (Å²) in [6.45, 7) is 2.61. The van der Waals surface area contributed by atoms with Crippen molar-refractivity contribution in [3.05, 3.63) is 42.1 Å². The first-order valence-electron chi connectivity index (χ1n) is 7.82. The molecule has 2 heterocycles. The van der Waals surface area contributed by atoms with Gasteiger partial charge in [-0.2, -0.15) is 5.10 Å². The molecule has 1 saturated heterocycles. The van der Waals surface area contributed by atoms with Crippen molar-refractivity contribution in [3.8, 4) is 11.3 Å². The topological polar surface area (TPSA) is 61.0 Å². The van der Waals surface area contributed by atoms with Crippen LogP contribution in [-0.4, -0.2) is 47.7 Å². The van der Waals surface area contributed by atoms with E-state index in [2.05, 4.69) is 15.5 Å². The van der Waals surface area contributed by atoms with E-state index in [0.717, 1.165) is 37.3 Å². The fraction of sp³-hybridized carbons (Fsp3) is 0.412. The molecule has 0 aliphatic carbocycles. The summed E-state index contributed by atoms with van der Waals surface area (Å²) >= 11 is 0. The Balaban J connectivity index is 1.80. The molecule has 1 aromatic heterocycles. The number of amides is 1. The van der Waals surface area contributed by atoms with Crippen LogP contribution in [0.3, 0.4) is 0 Å². The zero-order valence-electron chi connectivity index (χ0n) is 12.9. The highest BCUT2D eigenvalue weighted by molar-refractivity contribution is 5.99. The Morgan fingerprint density at radius 1 is 1.41 bits per heavy atom. The molecule has 2 N–H and O–H groups in total. The summed E-state index contributed by atoms with van der Waals surface area (Å²) in [5.74, 6) is 0.614. The van der Waals surface area contributed by atoms with E-state index < -0.39 is 0 Å². The minimum atomic E-state index is 0.0772. The van der Waals surface area contributed by atoms with Crippen LogP contribution in [0.4, 0.5) is 0 Å². The van der Waals surface area contributed by atoms with Crippen LogP contribution >= 0.6 is 0 Å². The van der Waals surface area contributed by atoms with E-state index in [4.69, 9.17) is 0 Å². The van der Waals surface area contributed by atoms with Gasteiger partial charge in [-0.25, -0.2) is 0 Å². The fourth-order valence-electron chi connectivity index (χ4n) is 3.15. The Bertz CT molecular complexity index is 621. The molecule has 1 unspecified atom stereocenters. The molecule has 0 bridgehead atoms. The molecular weight excluding hydrogens is 276 g/mol. The fourth-order valence-corrected chi connectivity index (χ4v) is 3.15. The first-order valence-corrected chi connectivity index (χ1v) is 7.82. The van der Waals surface area contributed by atoms with Crippen molar-refractivity contribution in [1.82, 2.24) is 20.4 Å². The molecule has 1 amide bonds. The summed E-state index contributed by atoms with van der Waals surface area (Å²) in [7, 11) is 1.96. The number of aromatic nitrogens is 2. The Hall–Kier alpha value is -2.14. The highest BCUT2D eigenvalue weighted by atomic mass is 16.2. The van der Waals surface area contributed by atoms with Gasteiger partial charge < -0.3 is 10.2 Å². The van der Waals surface area contributed by atoms with Crippen molar-refractivity contribution in [1.29, 1.82) is 0 Å².